The van der Waals surface area contributed by atoms with Gasteiger partial charge in [0.1, 0.15) is 5.78 Å². The van der Waals surface area contributed by atoms with Crippen molar-refractivity contribution in [1.82, 2.24) is 4.90 Å². The zero-order valence-electron chi connectivity index (χ0n) is 6.34. The molecule has 3 unspecified atom stereocenters. The Morgan fingerprint density at radius 2 is 2.40 bits per heavy atom. The number of Topliss-reactive ketones (excluding diaryl/α,β-unsaturated/α-hetero) is 1. The van der Waals surface area contributed by atoms with Gasteiger partial charge in [-0.2, -0.15) is 0 Å². The van der Waals surface area contributed by atoms with Crippen LogP contribution in [-0.4, -0.2) is 30.3 Å². The Kier molecular flexibility index (Phi) is 1.31. The summed E-state index contributed by atoms with van der Waals surface area (Å²) in [7, 11) is 0. The van der Waals surface area contributed by atoms with E-state index in [1.807, 2.05) is 0 Å². The molecular formula is C8H13NO. The van der Waals surface area contributed by atoms with Crippen LogP contribution in [0, 0.1) is 11.8 Å². The van der Waals surface area contributed by atoms with Crippen LogP contribution in [0.25, 0.3) is 0 Å². The molecule has 3 rings (SSSR count). The lowest BCUT2D eigenvalue weighted by Gasteiger charge is -2.42. The molecule has 2 bridgehead atoms. The minimum Gasteiger partial charge on any atom is -0.298 e. The molecule has 56 valence electrons. The second-order valence-electron chi connectivity index (χ2n) is 3.57. The van der Waals surface area contributed by atoms with Gasteiger partial charge in [0.25, 0.3) is 0 Å². The minimum atomic E-state index is 0.407. The second kappa shape index (κ2) is 2.06. The molecule has 3 saturated heterocycles. The molecule has 0 N–H and O–H groups in total. The molecule has 0 aromatic carbocycles. The molecule has 0 aromatic rings. The third-order valence-corrected chi connectivity index (χ3v) is 2.78. The maximum absolute atomic E-state index is 11.2. The lowest BCUT2D eigenvalue weighted by Crippen LogP contribution is -2.52. The topological polar surface area (TPSA) is 20.3 Å². The number of hydrogen-bond donors (Lipinski definition) is 0. The van der Waals surface area contributed by atoms with Crippen molar-refractivity contribution in [2.24, 2.45) is 11.8 Å². The number of rotatable bonds is 0. The fraction of sp³-hybridized carbons (Fsp3) is 0.875. The predicted molar refractivity (Wildman–Crippen MR) is 38.7 cm³/mol. The number of ketones is 1. The Bertz CT molecular complexity index is 167. The zero-order valence-corrected chi connectivity index (χ0v) is 6.34. The van der Waals surface area contributed by atoms with Gasteiger partial charge in [-0.05, 0) is 18.9 Å². The van der Waals surface area contributed by atoms with Crippen LogP contribution in [0.4, 0.5) is 0 Å². The first kappa shape index (κ1) is 6.35. The van der Waals surface area contributed by atoms with Crippen molar-refractivity contribution in [1.29, 1.82) is 0 Å². The first-order valence-electron chi connectivity index (χ1n) is 4.02. The van der Waals surface area contributed by atoms with Crippen molar-refractivity contribution in [3.05, 3.63) is 0 Å². The van der Waals surface area contributed by atoms with Crippen molar-refractivity contribution in [2.45, 2.75) is 13.3 Å². The van der Waals surface area contributed by atoms with E-state index in [1.54, 1.807) is 0 Å². The molecule has 0 amide bonds. The molecule has 0 saturated carbocycles. The van der Waals surface area contributed by atoms with Gasteiger partial charge in [-0.25, -0.2) is 0 Å². The van der Waals surface area contributed by atoms with Crippen LogP contribution in [0.5, 0.6) is 0 Å². The minimum absolute atomic E-state index is 0.407. The molecule has 0 aliphatic carbocycles. The number of fused-ring (bicyclic) bond motifs is 3. The van der Waals surface area contributed by atoms with Gasteiger partial charge in [-0.1, -0.05) is 6.92 Å². The third-order valence-electron chi connectivity index (χ3n) is 2.78. The second-order valence-corrected chi connectivity index (χ2v) is 3.57. The van der Waals surface area contributed by atoms with Crippen molar-refractivity contribution < 1.29 is 4.79 Å². The highest BCUT2D eigenvalue weighted by Gasteiger charge is 2.37. The maximum atomic E-state index is 11.2. The van der Waals surface area contributed by atoms with Crippen LogP contribution in [0.3, 0.4) is 0 Å². The van der Waals surface area contributed by atoms with E-state index in [0.29, 0.717) is 17.6 Å². The van der Waals surface area contributed by atoms with Crippen LogP contribution < -0.4 is 0 Å². The molecule has 3 fully saturated rings. The van der Waals surface area contributed by atoms with Gasteiger partial charge >= 0.3 is 0 Å². The predicted octanol–water partition coefficient (Wildman–Crippen LogP) is 0.527. The van der Waals surface area contributed by atoms with Crippen LogP contribution in [0.15, 0.2) is 0 Å². The highest BCUT2D eigenvalue weighted by molar-refractivity contribution is 5.84. The van der Waals surface area contributed by atoms with E-state index >= 15 is 0 Å². The van der Waals surface area contributed by atoms with Crippen molar-refractivity contribution >= 4 is 5.78 Å². The molecule has 2 heteroatoms. The molecule has 10 heavy (non-hydrogen) atoms. The summed E-state index contributed by atoms with van der Waals surface area (Å²) in [4.78, 5) is 13.5. The van der Waals surface area contributed by atoms with E-state index in [9.17, 15) is 4.79 Å². The largest absolute Gasteiger partial charge is 0.298 e. The lowest BCUT2D eigenvalue weighted by molar-refractivity contribution is -0.133. The van der Waals surface area contributed by atoms with E-state index < -0.39 is 0 Å². The van der Waals surface area contributed by atoms with Gasteiger partial charge in [0.2, 0.25) is 0 Å². The van der Waals surface area contributed by atoms with Gasteiger partial charge in [-0.15, -0.1) is 0 Å². The molecule has 2 nitrogen and oxygen atoms in total. The van der Waals surface area contributed by atoms with Crippen LogP contribution in [0.2, 0.25) is 0 Å². The maximum Gasteiger partial charge on any atom is 0.150 e. The summed E-state index contributed by atoms with van der Waals surface area (Å²) in [5.74, 6) is 1.50. The fourth-order valence-electron chi connectivity index (χ4n) is 2.19. The van der Waals surface area contributed by atoms with E-state index in [4.69, 9.17) is 0 Å². The molecule has 3 atom stereocenters. The summed E-state index contributed by atoms with van der Waals surface area (Å²) >= 11 is 0. The quantitative estimate of drug-likeness (QED) is 0.488. The van der Waals surface area contributed by atoms with Crippen molar-refractivity contribution in [3.8, 4) is 0 Å². The van der Waals surface area contributed by atoms with Gasteiger partial charge in [0.05, 0.1) is 6.54 Å². The Morgan fingerprint density at radius 1 is 1.60 bits per heavy atom. The van der Waals surface area contributed by atoms with E-state index in [2.05, 4.69) is 11.8 Å². The molecule has 0 spiro atoms. The highest BCUT2D eigenvalue weighted by atomic mass is 16.1. The van der Waals surface area contributed by atoms with Gasteiger partial charge in [0.15, 0.2) is 0 Å². The first-order valence-corrected chi connectivity index (χ1v) is 4.02. The number of piperidine rings is 3. The SMILES string of the molecule is CC1CN2CCC1C(=O)C2. The Morgan fingerprint density at radius 3 is 2.80 bits per heavy atom. The first-order chi connectivity index (χ1) is 4.77. The summed E-state index contributed by atoms with van der Waals surface area (Å²) in [5.41, 5.74) is 0. The molecular weight excluding hydrogens is 126 g/mol. The number of nitrogens with zero attached hydrogens (tertiary/aromatic N) is 1. The Hall–Kier alpha value is -0.370. The highest BCUT2D eigenvalue weighted by Crippen LogP contribution is 2.28. The average Bonchev–Trinajstić information content (AvgIpc) is 1.86. The smallest absolute Gasteiger partial charge is 0.150 e. The summed E-state index contributed by atoms with van der Waals surface area (Å²) in [6.45, 7) is 5.22. The molecule has 3 heterocycles. The number of carbonyl (C=O) groups excluding carboxylic acids is 1. The number of hydrogen-bond acceptors (Lipinski definition) is 2. The van der Waals surface area contributed by atoms with Crippen LogP contribution in [-0.2, 0) is 4.79 Å². The van der Waals surface area contributed by atoms with Crippen LogP contribution >= 0.6 is 0 Å². The summed E-state index contributed by atoms with van der Waals surface area (Å²) < 4.78 is 0. The summed E-state index contributed by atoms with van der Waals surface area (Å²) in [6.07, 6.45) is 1.11. The van der Waals surface area contributed by atoms with Gasteiger partial charge < -0.3 is 0 Å². The van der Waals surface area contributed by atoms with Crippen LogP contribution in [0.1, 0.15) is 13.3 Å². The molecule has 0 radical (unpaired) electrons. The fourth-order valence-corrected chi connectivity index (χ4v) is 2.19. The lowest BCUT2D eigenvalue weighted by atomic mass is 9.79. The zero-order chi connectivity index (χ0) is 7.14. The van der Waals surface area contributed by atoms with Crippen molar-refractivity contribution in [3.63, 3.8) is 0 Å². The van der Waals surface area contributed by atoms with E-state index in [0.717, 1.165) is 26.1 Å². The number of carbonyl (C=O) groups is 1. The Balaban J connectivity index is 2.18. The standard InChI is InChI=1S/C8H13NO/c1-6-4-9-3-2-7(6)8(10)5-9/h6-7H,2-5H2,1H3. The molecule has 3 aliphatic rings. The Labute approximate surface area is 61.2 Å². The summed E-state index contributed by atoms with van der Waals surface area (Å²) in [5, 5.41) is 0. The monoisotopic (exact) mass is 139 g/mol. The molecule has 0 aromatic heterocycles. The van der Waals surface area contributed by atoms with Gasteiger partial charge in [-0.3, -0.25) is 9.69 Å². The normalized spacial score (nSPS) is 46.1. The van der Waals surface area contributed by atoms with Gasteiger partial charge in [0, 0.05) is 12.5 Å². The van der Waals surface area contributed by atoms with E-state index in [-0.39, 0.29) is 0 Å². The van der Waals surface area contributed by atoms with Crippen molar-refractivity contribution in [2.75, 3.05) is 19.6 Å². The average molecular weight is 139 g/mol. The molecule has 3 aliphatic heterocycles. The third kappa shape index (κ3) is 0.788. The van der Waals surface area contributed by atoms with E-state index in [1.165, 1.54) is 0 Å². The summed E-state index contributed by atoms with van der Waals surface area (Å²) in [6, 6.07) is 0.